The second-order valence-corrected chi connectivity index (χ2v) is 12.4. The Morgan fingerprint density at radius 1 is 0.553 bits per heavy atom. The highest BCUT2D eigenvalue weighted by Crippen LogP contribution is 2.47. The normalized spacial score (nSPS) is 16.5. The van der Waals surface area contributed by atoms with Gasteiger partial charge in [0.05, 0.1) is 22.5 Å². The van der Waals surface area contributed by atoms with E-state index in [-0.39, 0.29) is 11.8 Å². The van der Waals surface area contributed by atoms with E-state index in [1.54, 1.807) is 0 Å². The van der Waals surface area contributed by atoms with E-state index < -0.39 is 0 Å². The molecular formula is C32H40Br2N2O2. The zero-order chi connectivity index (χ0) is 27.1. The molecule has 0 radical (unpaired) electrons. The molecule has 0 unspecified atom stereocenters. The number of anilines is 2. The molecule has 4 rings (SSSR count). The van der Waals surface area contributed by atoms with Crippen LogP contribution in [0.25, 0.3) is 11.1 Å². The summed E-state index contributed by atoms with van der Waals surface area (Å²) in [4.78, 5) is 31.8. The van der Waals surface area contributed by atoms with E-state index in [1.165, 1.54) is 51.4 Å². The number of hydrogen-bond acceptors (Lipinski definition) is 2. The van der Waals surface area contributed by atoms with E-state index in [0.29, 0.717) is 24.2 Å². The van der Waals surface area contributed by atoms with Crippen LogP contribution in [0.5, 0.6) is 0 Å². The van der Waals surface area contributed by atoms with Gasteiger partial charge in [-0.25, -0.2) is 0 Å². The molecule has 0 fully saturated rings. The molecule has 2 aliphatic rings. The molecule has 2 aliphatic heterocycles. The lowest BCUT2D eigenvalue weighted by Gasteiger charge is -2.18. The molecule has 0 atom stereocenters. The fourth-order valence-electron chi connectivity index (χ4n) is 5.63. The minimum absolute atomic E-state index is 0.0507. The van der Waals surface area contributed by atoms with Crippen molar-refractivity contribution in [2.75, 3.05) is 22.9 Å². The van der Waals surface area contributed by atoms with Crippen molar-refractivity contribution in [2.24, 2.45) is 0 Å². The molecule has 0 bridgehead atoms. The molecule has 204 valence electrons. The molecule has 0 saturated heterocycles. The summed E-state index contributed by atoms with van der Waals surface area (Å²) in [6, 6.07) is 12.0. The SMILES string of the molecule is CCCCCCCCN1C(=O)/C(=C2\C(=O)N(CCCCCCCC)c3cc(Br)ccc32)c2ccc(Br)cc21. The van der Waals surface area contributed by atoms with E-state index >= 15 is 0 Å². The number of fused-ring (bicyclic) bond motifs is 2. The lowest BCUT2D eigenvalue weighted by atomic mass is 9.96. The first-order valence-electron chi connectivity index (χ1n) is 14.5. The second-order valence-electron chi connectivity index (χ2n) is 10.5. The van der Waals surface area contributed by atoms with Crippen molar-refractivity contribution in [1.29, 1.82) is 0 Å². The molecule has 38 heavy (non-hydrogen) atoms. The maximum absolute atomic E-state index is 14.0. The van der Waals surface area contributed by atoms with Crippen LogP contribution in [-0.4, -0.2) is 24.9 Å². The number of rotatable bonds is 14. The average Bonchev–Trinajstić information content (AvgIpc) is 3.32. The topological polar surface area (TPSA) is 40.6 Å². The Labute approximate surface area is 245 Å². The summed E-state index contributed by atoms with van der Waals surface area (Å²) in [6.45, 7) is 5.80. The summed E-state index contributed by atoms with van der Waals surface area (Å²) >= 11 is 7.20. The van der Waals surface area contributed by atoms with Crippen molar-refractivity contribution >= 4 is 66.2 Å². The Morgan fingerprint density at radius 2 is 0.921 bits per heavy atom. The number of halogens is 2. The van der Waals surface area contributed by atoms with Crippen LogP contribution in [0.3, 0.4) is 0 Å². The highest BCUT2D eigenvalue weighted by atomic mass is 79.9. The van der Waals surface area contributed by atoms with Crippen molar-refractivity contribution in [3.63, 3.8) is 0 Å². The molecule has 2 aromatic carbocycles. The number of hydrogen-bond donors (Lipinski definition) is 0. The van der Waals surface area contributed by atoms with Crippen LogP contribution in [0.1, 0.15) is 102 Å². The van der Waals surface area contributed by atoms with Gasteiger partial charge in [0.1, 0.15) is 0 Å². The van der Waals surface area contributed by atoms with Crippen LogP contribution in [0.2, 0.25) is 0 Å². The Balaban J connectivity index is 1.63. The van der Waals surface area contributed by atoms with Crippen LogP contribution < -0.4 is 9.80 Å². The van der Waals surface area contributed by atoms with Gasteiger partial charge in [-0.2, -0.15) is 0 Å². The van der Waals surface area contributed by atoms with Crippen LogP contribution >= 0.6 is 31.9 Å². The summed E-state index contributed by atoms with van der Waals surface area (Å²) in [6.07, 6.45) is 14.0. The quantitative estimate of drug-likeness (QED) is 0.152. The van der Waals surface area contributed by atoms with E-state index in [1.807, 2.05) is 46.2 Å². The second kappa shape index (κ2) is 13.9. The molecule has 6 heteroatoms. The van der Waals surface area contributed by atoms with Crippen LogP contribution in [0.4, 0.5) is 11.4 Å². The van der Waals surface area contributed by atoms with Gasteiger partial charge in [-0.15, -0.1) is 0 Å². The largest absolute Gasteiger partial charge is 0.308 e. The van der Waals surface area contributed by atoms with Crippen LogP contribution in [-0.2, 0) is 9.59 Å². The molecule has 0 aromatic heterocycles. The van der Waals surface area contributed by atoms with Gasteiger partial charge in [0.25, 0.3) is 11.8 Å². The molecule has 0 aliphatic carbocycles. The number of carbonyl (C=O) groups excluding carboxylic acids is 2. The minimum atomic E-state index is -0.0507. The Hall–Kier alpha value is -1.92. The maximum atomic E-state index is 14.0. The van der Waals surface area contributed by atoms with Crippen molar-refractivity contribution in [2.45, 2.75) is 90.9 Å². The van der Waals surface area contributed by atoms with Crippen molar-refractivity contribution in [3.05, 3.63) is 56.5 Å². The van der Waals surface area contributed by atoms with Crippen molar-refractivity contribution < 1.29 is 9.59 Å². The number of amides is 2. The summed E-state index contributed by atoms with van der Waals surface area (Å²) in [7, 11) is 0. The Kier molecular flexibility index (Phi) is 10.7. The summed E-state index contributed by atoms with van der Waals surface area (Å²) in [5.41, 5.74) is 4.64. The third-order valence-corrected chi connectivity index (χ3v) is 8.66. The zero-order valence-electron chi connectivity index (χ0n) is 22.8. The van der Waals surface area contributed by atoms with Gasteiger partial charge in [-0.3, -0.25) is 9.59 Å². The molecule has 2 aromatic rings. The summed E-state index contributed by atoms with van der Waals surface area (Å²) in [5, 5.41) is 0. The van der Waals surface area contributed by atoms with Gasteiger partial charge in [0, 0.05) is 33.2 Å². The summed E-state index contributed by atoms with van der Waals surface area (Å²) < 4.78 is 1.88. The highest BCUT2D eigenvalue weighted by Gasteiger charge is 2.41. The smallest absolute Gasteiger partial charge is 0.259 e. The van der Waals surface area contributed by atoms with Gasteiger partial charge in [-0.1, -0.05) is 122 Å². The molecule has 4 nitrogen and oxygen atoms in total. The predicted molar refractivity (Wildman–Crippen MR) is 167 cm³/mol. The Morgan fingerprint density at radius 3 is 1.32 bits per heavy atom. The van der Waals surface area contributed by atoms with Gasteiger partial charge in [0.2, 0.25) is 0 Å². The first-order valence-corrected chi connectivity index (χ1v) is 16.0. The number of nitrogens with zero attached hydrogens (tertiary/aromatic N) is 2. The van der Waals surface area contributed by atoms with Crippen molar-refractivity contribution in [3.8, 4) is 0 Å². The fourth-order valence-corrected chi connectivity index (χ4v) is 6.32. The zero-order valence-corrected chi connectivity index (χ0v) is 26.0. The van der Waals surface area contributed by atoms with Crippen molar-refractivity contribution in [1.82, 2.24) is 0 Å². The average molecular weight is 644 g/mol. The van der Waals surface area contributed by atoms with Crippen LogP contribution in [0, 0.1) is 0 Å². The highest BCUT2D eigenvalue weighted by molar-refractivity contribution is 9.10. The molecular weight excluding hydrogens is 604 g/mol. The fraction of sp³-hybridized carbons (Fsp3) is 0.500. The third-order valence-electron chi connectivity index (χ3n) is 7.68. The van der Waals surface area contributed by atoms with Gasteiger partial charge < -0.3 is 9.80 Å². The number of benzene rings is 2. The molecule has 0 saturated carbocycles. The van der Waals surface area contributed by atoms with E-state index in [9.17, 15) is 9.59 Å². The molecule has 2 amide bonds. The van der Waals surface area contributed by atoms with Gasteiger partial charge >= 0.3 is 0 Å². The molecule has 0 spiro atoms. The van der Waals surface area contributed by atoms with E-state index in [0.717, 1.165) is 57.1 Å². The number of unbranched alkanes of at least 4 members (excludes halogenated alkanes) is 10. The first kappa shape index (κ1) is 29.1. The summed E-state index contributed by atoms with van der Waals surface area (Å²) in [5.74, 6) is -0.101. The lowest BCUT2D eigenvalue weighted by molar-refractivity contribution is -0.114. The standard InChI is InChI=1S/C32H40Br2N2O2/c1-3-5-7-9-11-13-19-35-27-21-23(33)15-17-25(27)29(31(35)37)30-26-18-16-24(34)22-28(26)36(32(30)38)20-14-12-10-8-6-4-2/h15-18,21-22H,3-14,19-20H2,1-2H3/b30-29-. The Bertz CT molecular complexity index is 1100. The van der Waals surface area contributed by atoms with Crippen LogP contribution in [0.15, 0.2) is 45.3 Å². The monoisotopic (exact) mass is 642 g/mol. The predicted octanol–water partition coefficient (Wildman–Crippen LogP) is 9.54. The third kappa shape index (κ3) is 6.44. The number of carbonyl (C=O) groups is 2. The van der Waals surface area contributed by atoms with Gasteiger partial charge in [0.15, 0.2) is 0 Å². The van der Waals surface area contributed by atoms with E-state index in [2.05, 4.69) is 45.7 Å². The lowest BCUT2D eigenvalue weighted by Crippen LogP contribution is -2.30. The molecule has 0 N–H and O–H groups in total. The molecule has 2 heterocycles. The maximum Gasteiger partial charge on any atom is 0.259 e. The first-order chi connectivity index (χ1) is 18.5. The minimum Gasteiger partial charge on any atom is -0.308 e. The van der Waals surface area contributed by atoms with Gasteiger partial charge in [-0.05, 0) is 37.1 Å². The van der Waals surface area contributed by atoms with E-state index in [4.69, 9.17) is 0 Å².